The van der Waals surface area contributed by atoms with Gasteiger partial charge >= 0.3 is 5.97 Å². The molecule has 33 heavy (non-hydrogen) atoms. The number of aromatic nitrogens is 3. The molecule has 178 valence electrons. The standard InChI is InChI=1S/C22H28N4O4S3/c27-17(4-2-1-3-12-31-19-14-23-9-10-24-19)7-5-16-6-8-20(28)26(16)11-13-32-22-25-18(15-33-22)21(29)30/h5,7,9-10,14-17,27H,1-4,6,8,11-13H2,(H,29,30)/b7-5+/t16-,17-/m0/s1. The molecule has 0 unspecified atom stereocenters. The van der Waals surface area contributed by atoms with E-state index < -0.39 is 12.1 Å². The van der Waals surface area contributed by atoms with Crippen molar-refractivity contribution in [1.29, 1.82) is 0 Å². The lowest BCUT2D eigenvalue weighted by Gasteiger charge is -2.22. The molecule has 3 rings (SSSR count). The average Bonchev–Trinajstić information content (AvgIpc) is 3.43. The van der Waals surface area contributed by atoms with E-state index in [1.165, 1.54) is 28.5 Å². The summed E-state index contributed by atoms with van der Waals surface area (Å²) in [4.78, 5) is 37.4. The molecule has 2 N–H and O–H groups in total. The number of nitrogens with zero attached hydrogens (tertiary/aromatic N) is 4. The molecule has 0 aliphatic carbocycles. The third-order valence-corrected chi connectivity index (χ3v) is 8.12. The van der Waals surface area contributed by atoms with Gasteiger partial charge in [0.05, 0.1) is 18.3 Å². The number of carbonyl (C=O) groups excluding carboxylic acids is 1. The fourth-order valence-corrected chi connectivity index (χ4v) is 6.06. The summed E-state index contributed by atoms with van der Waals surface area (Å²) >= 11 is 4.45. The lowest BCUT2D eigenvalue weighted by Crippen LogP contribution is -2.33. The van der Waals surface area contributed by atoms with E-state index in [1.54, 1.807) is 30.4 Å². The van der Waals surface area contributed by atoms with Crippen LogP contribution < -0.4 is 0 Å². The maximum Gasteiger partial charge on any atom is 0.355 e. The van der Waals surface area contributed by atoms with Crippen molar-refractivity contribution in [1.82, 2.24) is 19.9 Å². The highest BCUT2D eigenvalue weighted by Gasteiger charge is 2.28. The molecule has 0 aromatic carbocycles. The maximum atomic E-state index is 12.3. The number of carboxylic acid groups (broad SMARTS) is 1. The van der Waals surface area contributed by atoms with Crippen molar-refractivity contribution in [2.75, 3.05) is 18.1 Å². The molecule has 2 atom stereocenters. The van der Waals surface area contributed by atoms with Crippen molar-refractivity contribution in [2.45, 2.75) is 60.0 Å². The van der Waals surface area contributed by atoms with Crippen LogP contribution in [0.1, 0.15) is 49.0 Å². The van der Waals surface area contributed by atoms with Crippen molar-refractivity contribution >= 4 is 46.7 Å². The monoisotopic (exact) mass is 508 g/mol. The summed E-state index contributed by atoms with van der Waals surface area (Å²) in [5, 5.41) is 21.7. The van der Waals surface area contributed by atoms with Gasteiger partial charge < -0.3 is 15.1 Å². The smallest absolute Gasteiger partial charge is 0.355 e. The first-order valence-electron chi connectivity index (χ1n) is 10.9. The quantitative estimate of drug-likeness (QED) is 0.222. The summed E-state index contributed by atoms with van der Waals surface area (Å²) in [5.74, 6) is 0.723. The Hall–Kier alpha value is -1.95. The number of aliphatic hydroxyl groups is 1. The lowest BCUT2D eigenvalue weighted by atomic mass is 10.1. The predicted octanol–water partition coefficient (Wildman–Crippen LogP) is 3.98. The Morgan fingerprint density at radius 1 is 1.27 bits per heavy atom. The summed E-state index contributed by atoms with van der Waals surface area (Å²) in [6.07, 6.45) is 13.4. The highest BCUT2D eigenvalue weighted by atomic mass is 32.2. The molecule has 8 nitrogen and oxygen atoms in total. The second kappa shape index (κ2) is 13.7. The Balaban J connectivity index is 1.32. The maximum absolute atomic E-state index is 12.3. The third kappa shape index (κ3) is 8.73. The van der Waals surface area contributed by atoms with E-state index in [2.05, 4.69) is 15.0 Å². The van der Waals surface area contributed by atoms with Crippen LogP contribution in [0.15, 0.2) is 45.5 Å². The second-order valence-electron chi connectivity index (χ2n) is 7.54. The molecule has 1 aliphatic heterocycles. The van der Waals surface area contributed by atoms with Gasteiger partial charge in [-0.3, -0.25) is 9.78 Å². The molecular weight excluding hydrogens is 480 g/mol. The molecule has 11 heteroatoms. The van der Waals surface area contributed by atoms with Crippen LogP contribution in [-0.4, -0.2) is 72.1 Å². The molecule has 0 radical (unpaired) electrons. The molecular formula is C22H28N4O4S3. The number of rotatable bonds is 14. The van der Waals surface area contributed by atoms with Gasteiger partial charge in [0.25, 0.3) is 0 Å². The Morgan fingerprint density at radius 3 is 2.91 bits per heavy atom. The summed E-state index contributed by atoms with van der Waals surface area (Å²) in [6, 6.07) is 0.00186. The van der Waals surface area contributed by atoms with Crippen LogP contribution in [0.5, 0.6) is 0 Å². The van der Waals surface area contributed by atoms with Gasteiger partial charge in [0.1, 0.15) is 5.03 Å². The van der Waals surface area contributed by atoms with Crippen molar-refractivity contribution in [2.24, 2.45) is 0 Å². The molecule has 1 amide bonds. The van der Waals surface area contributed by atoms with Crippen molar-refractivity contribution in [3.63, 3.8) is 0 Å². The zero-order chi connectivity index (χ0) is 23.5. The van der Waals surface area contributed by atoms with Crippen LogP contribution in [-0.2, 0) is 4.79 Å². The number of aromatic carboxylic acids is 1. The number of likely N-dealkylation sites (tertiary alicyclic amines) is 1. The second-order valence-corrected chi connectivity index (χ2v) is 10.9. The number of carbonyl (C=O) groups is 2. The average molecular weight is 509 g/mol. The number of aliphatic hydroxyl groups excluding tert-OH is 1. The lowest BCUT2D eigenvalue weighted by molar-refractivity contribution is -0.128. The largest absolute Gasteiger partial charge is 0.476 e. The molecule has 2 aromatic heterocycles. The predicted molar refractivity (Wildman–Crippen MR) is 131 cm³/mol. The third-order valence-electron chi connectivity index (χ3n) is 5.12. The van der Waals surface area contributed by atoms with E-state index >= 15 is 0 Å². The number of amides is 1. The van der Waals surface area contributed by atoms with Crippen molar-refractivity contribution in [3.05, 3.63) is 41.8 Å². The first kappa shape index (κ1) is 25.7. The van der Waals surface area contributed by atoms with Crippen LogP contribution in [0.4, 0.5) is 0 Å². The van der Waals surface area contributed by atoms with Crippen LogP contribution in [0.3, 0.4) is 0 Å². The molecule has 1 fully saturated rings. The van der Waals surface area contributed by atoms with Gasteiger partial charge in [-0.05, 0) is 25.0 Å². The molecule has 2 aromatic rings. The van der Waals surface area contributed by atoms with Crippen LogP contribution in [0, 0.1) is 0 Å². The molecule has 1 aliphatic rings. The molecule has 0 saturated carbocycles. The fraction of sp³-hybridized carbons (Fsp3) is 0.500. The Morgan fingerprint density at radius 2 is 2.15 bits per heavy atom. The summed E-state index contributed by atoms with van der Waals surface area (Å²) in [5.41, 5.74) is 0.0544. The van der Waals surface area contributed by atoms with Gasteiger partial charge in [-0.25, -0.2) is 14.8 Å². The first-order chi connectivity index (χ1) is 16.0. The minimum absolute atomic E-state index is 0.00186. The molecule has 1 saturated heterocycles. The van der Waals surface area contributed by atoms with Crippen LogP contribution >= 0.6 is 34.9 Å². The summed E-state index contributed by atoms with van der Waals surface area (Å²) < 4.78 is 0.691. The van der Waals surface area contributed by atoms with E-state index in [9.17, 15) is 14.7 Å². The number of hydrogen-bond acceptors (Lipinski definition) is 9. The van der Waals surface area contributed by atoms with E-state index in [4.69, 9.17) is 5.11 Å². The van der Waals surface area contributed by atoms with Gasteiger partial charge in [-0.15, -0.1) is 23.1 Å². The van der Waals surface area contributed by atoms with Crippen molar-refractivity contribution < 1.29 is 19.8 Å². The number of thiazole rings is 1. The van der Waals surface area contributed by atoms with E-state index in [0.717, 1.165) is 36.5 Å². The topological polar surface area (TPSA) is 117 Å². The van der Waals surface area contributed by atoms with E-state index in [-0.39, 0.29) is 17.6 Å². The highest BCUT2D eigenvalue weighted by Crippen LogP contribution is 2.25. The Bertz CT molecular complexity index is 925. The molecule has 0 bridgehead atoms. The highest BCUT2D eigenvalue weighted by molar-refractivity contribution is 8.01. The normalized spacial score (nSPS) is 17.2. The molecule has 3 heterocycles. The Kier molecular flexibility index (Phi) is 10.6. The fourth-order valence-electron chi connectivity index (χ4n) is 3.42. The number of unbranched alkanes of at least 4 members (excludes halogenated alkanes) is 2. The van der Waals surface area contributed by atoms with Crippen LogP contribution in [0.2, 0.25) is 0 Å². The number of thioether (sulfide) groups is 2. The van der Waals surface area contributed by atoms with Gasteiger partial charge in [-0.2, -0.15) is 0 Å². The van der Waals surface area contributed by atoms with Crippen LogP contribution in [0.25, 0.3) is 0 Å². The minimum Gasteiger partial charge on any atom is -0.476 e. The molecule has 0 spiro atoms. The number of hydrogen-bond donors (Lipinski definition) is 2. The summed E-state index contributed by atoms with van der Waals surface area (Å²) in [6.45, 7) is 0.569. The zero-order valence-corrected chi connectivity index (χ0v) is 20.7. The van der Waals surface area contributed by atoms with Gasteiger partial charge in [0, 0.05) is 36.5 Å². The van der Waals surface area contributed by atoms with Gasteiger partial charge in [-0.1, -0.05) is 36.8 Å². The number of carboxylic acids is 1. The van der Waals surface area contributed by atoms with E-state index in [1.807, 2.05) is 17.1 Å². The summed E-state index contributed by atoms with van der Waals surface area (Å²) in [7, 11) is 0. The van der Waals surface area contributed by atoms with Gasteiger partial charge in [0.2, 0.25) is 5.91 Å². The Labute approximate surface area is 205 Å². The van der Waals surface area contributed by atoms with Gasteiger partial charge in [0.15, 0.2) is 10.0 Å². The van der Waals surface area contributed by atoms with Crippen molar-refractivity contribution in [3.8, 4) is 0 Å². The zero-order valence-electron chi connectivity index (χ0n) is 18.2. The first-order valence-corrected chi connectivity index (χ1v) is 13.7. The SMILES string of the molecule is O=C(O)c1csc(SCCN2C(=O)CC[C@@H]2/C=C/[C@@H](O)CCCCCSc2cnccn2)n1. The van der Waals surface area contributed by atoms with E-state index in [0.29, 0.717) is 29.5 Å². The minimum atomic E-state index is -1.03.